The van der Waals surface area contributed by atoms with E-state index in [1.165, 1.54) is 36.4 Å². The molecule has 0 atom stereocenters. The average Bonchev–Trinajstić information content (AvgIpc) is 3.44. The van der Waals surface area contributed by atoms with E-state index in [2.05, 4.69) is 4.74 Å². The molecule has 45 heavy (non-hydrogen) atoms. The second kappa shape index (κ2) is 11.5. The number of carbonyl (C=O) groups excluding carboxylic acids is 2. The number of hydrogen-bond donors (Lipinski definition) is 1. The first-order valence-corrected chi connectivity index (χ1v) is 15.9. The van der Waals surface area contributed by atoms with E-state index in [9.17, 15) is 44.0 Å². The van der Waals surface area contributed by atoms with Crippen molar-refractivity contribution in [2.75, 3.05) is 28.7 Å². The summed E-state index contributed by atoms with van der Waals surface area (Å²) in [4.78, 5) is 26.8. The molecule has 0 saturated heterocycles. The molecule has 0 aromatic heterocycles. The molecule has 2 aliphatic rings. The Balaban J connectivity index is 0.000000178. The first kappa shape index (κ1) is 31.5. The predicted octanol–water partition coefficient (Wildman–Crippen LogP) is 4.43. The van der Waals surface area contributed by atoms with Crippen LogP contribution in [0.2, 0.25) is 0 Å². The van der Waals surface area contributed by atoms with Crippen LogP contribution in [-0.4, -0.2) is 52.6 Å². The molecule has 1 N–H and O–H groups in total. The Kier molecular flexibility index (Phi) is 8.05. The molecule has 0 spiro atoms. The number of ether oxygens (including phenoxy) is 1. The minimum absolute atomic E-state index is 0.0110. The summed E-state index contributed by atoms with van der Waals surface area (Å²) in [5, 5.41) is 9.05. The van der Waals surface area contributed by atoms with Crippen molar-refractivity contribution >= 4 is 42.9 Å². The zero-order chi connectivity index (χ0) is 32.8. The second-order valence-corrected chi connectivity index (χ2v) is 13.5. The first-order valence-electron chi connectivity index (χ1n) is 12.6. The standard InChI is InChI=1S/C15H11F2NO4S.C14H9F2NO4S/c1-22-14-10(16)6-9(7-11(14)17)15(19)18-8-23(20,21)13-5-3-2-4-12(13)18;15-9-5-8(6-10(16)13(9)18)14(19)17-7-22(20,21)12-4-2-1-3-11(12)17/h2-7H,8H2,1H3;1-6,18H,7H2. The third-order valence-electron chi connectivity index (χ3n) is 6.78. The number of halogens is 4. The van der Waals surface area contributed by atoms with Crippen molar-refractivity contribution in [1.29, 1.82) is 0 Å². The number of carbonyl (C=O) groups is 2. The number of benzene rings is 4. The summed E-state index contributed by atoms with van der Waals surface area (Å²) < 4.78 is 107. The van der Waals surface area contributed by atoms with Gasteiger partial charge >= 0.3 is 0 Å². The largest absolute Gasteiger partial charge is 0.503 e. The van der Waals surface area contributed by atoms with Gasteiger partial charge in [-0.1, -0.05) is 24.3 Å². The van der Waals surface area contributed by atoms with Crippen LogP contribution in [-0.2, 0) is 19.7 Å². The number of amides is 2. The van der Waals surface area contributed by atoms with Gasteiger partial charge in [0.1, 0.15) is 11.8 Å². The van der Waals surface area contributed by atoms with E-state index >= 15 is 0 Å². The van der Waals surface area contributed by atoms with Crippen LogP contribution in [0, 0.1) is 23.3 Å². The zero-order valence-corrected chi connectivity index (χ0v) is 24.5. The van der Waals surface area contributed by atoms with Gasteiger partial charge in [-0.2, -0.15) is 0 Å². The topological polar surface area (TPSA) is 138 Å². The lowest BCUT2D eigenvalue weighted by molar-refractivity contribution is 0.0983. The van der Waals surface area contributed by atoms with E-state index in [-0.39, 0.29) is 32.3 Å². The highest BCUT2D eigenvalue weighted by atomic mass is 32.2. The number of methoxy groups -OCH3 is 1. The van der Waals surface area contributed by atoms with E-state index in [4.69, 9.17) is 5.11 Å². The van der Waals surface area contributed by atoms with Crippen molar-refractivity contribution in [1.82, 2.24) is 0 Å². The monoisotopic (exact) mass is 664 g/mol. The molecule has 2 heterocycles. The Morgan fingerprint density at radius 1 is 0.667 bits per heavy atom. The fraction of sp³-hybridized carbons (Fsp3) is 0.103. The minimum Gasteiger partial charge on any atom is -0.503 e. The van der Waals surface area contributed by atoms with Gasteiger partial charge in [0.05, 0.1) is 28.3 Å². The lowest BCUT2D eigenvalue weighted by Crippen LogP contribution is -2.30. The number of anilines is 2. The lowest BCUT2D eigenvalue weighted by Gasteiger charge is -2.16. The molecule has 4 aromatic carbocycles. The van der Waals surface area contributed by atoms with Crippen molar-refractivity contribution in [3.05, 3.63) is 107 Å². The summed E-state index contributed by atoms with van der Waals surface area (Å²) in [5.41, 5.74) is -0.345. The normalized spacial score (nSPS) is 15.5. The van der Waals surface area contributed by atoms with Crippen LogP contribution >= 0.6 is 0 Å². The lowest BCUT2D eigenvalue weighted by atomic mass is 10.1. The van der Waals surface area contributed by atoms with Crippen LogP contribution in [0.5, 0.6) is 11.5 Å². The Hall–Kier alpha value is -4.96. The van der Waals surface area contributed by atoms with Crippen LogP contribution in [0.3, 0.4) is 0 Å². The smallest absolute Gasteiger partial charge is 0.259 e. The second-order valence-electron chi connectivity index (χ2n) is 9.65. The molecule has 10 nitrogen and oxygen atoms in total. The quantitative estimate of drug-likeness (QED) is 0.318. The highest BCUT2D eigenvalue weighted by Gasteiger charge is 2.37. The molecule has 0 fully saturated rings. The predicted molar refractivity (Wildman–Crippen MR) is 152 cm³/mol. The van der Waals surface area contributed by atoms with Gasteiger partial charge in [-0.15, -0.1) is 0 Å². The van der Waals surface area contributed by atoms with Gasteiger partial charge in [-0.3, -0.25) is 19.4 Å². The molecule has 0 saturated carbocycles. The Morgan fingerprint density at radius 3 is 1.40 bits per heavy atom. The summed E-state index contributed by atoms with van der Waals surface area (Å²) in [6.45, 7) is 0. The van der Waals surface area contributed by atoms with Crippen LogP contribution in [0.4, 0.5) is 28.9 Å². The number of sulfone groups is 2. The van der Waals surface area contributed by atoms with Gasteiger partial charge < -0.3 is 9.84 Å². The maximum Gasteiger partial charge on any atom is 0.259 e. The summed E-state index contributed by atoms with van der Waals surface area (Å²) in [6, 6.07) is 14.8. The third-order valence-corrected chi connectivity index (χ3v) is 10.0. The van der Waals surface area contributed by atoms with E-state index < -0.39 is 78.0 Å². The van der Waals surface area contributed by atoms with Crippen LogP contribution < -0.4 is 14.5 Å². The highest BCUT2D eigenvalue weighted by Crippen LogP contribution is 2.36. The molecule has 2 amide bonds. The Morgan fingerprint density at radius 2 is 1.02 bits per heavy atom. The van der Waals surface area contributed by atoms with Gasteiger partial charge in [-0.05, 0) is 48.5 Å². The fourth-order valence-electron chi connectivity index (χ4n) is 4.72. The van der Waals surface area contributed by atoms with E-state index in [1.54, 1.807) is 12.1 Å². The number of para-hydroxylation sites is 2. The molecule has 0 aliphatic carbocycles. The molecule has 2 aliphatic heterocycles. The average molecular weight is 665 g/mol. The van der Waals surface area contributed by atoms with E-state index in [1.807, 2.05) is 0 Å². The number of hydrogen-bond acceptors (Lipinski definition) is 8. The fourth-order valence-corrected chi connectivity index (χ4v) is 7.76. The van der Waals surface area contributed by atoms with Crippen molar-refractivity contribution in [3.8, 4) is 11.5 Å². The van der Waals surface area contributed by atoms with Crippen LogP contribution in [0.15, 0.2) is 82.6 Å². The van der Waals surface area contributed by atoms with Gasteiger partial charge in [0.25, 0.3) is 11.8 Å². The molecular weight excluding hydrogens is 644 g/mol. The Labute approximate surface area is 253 Å². The van der Waals surface area contributed by atoms with Crippen molar-refractivity contribution < 1.29 is 53.8 Å². The van der Waals surface area contributed by atoms with Crippen molar-refractivity contribution in [3.63, 3.8) is 0 Å². The van der Waals surface area contributed by atoms with Crippen molar-refractivity contribution in [2.24, 2.45) is 0 Å². The molecular formula is C29H20F4N2O8S2. The first-order chi connectivity index (χ1) is 21.2. The number of aromatic hydroxyl groups is 1. The van der Waals surface area contributed by atoms with E-state index in [0.717, 1.165) is 29.0 Å². The number of phenolic OH excluding ortho intramolecular Hbond substituents is 1. The molecule has 0 bridgehead atoms. The molecule has 0 radical (unpaired) electrons. The number of phenols is 1. The van der Waals surface area contributed by atoms with Crippen LogP contribution in [0.1, 0.15) is 20.7 Å². The Bertz CT molecular complexity index is 2060. The molecule has 6 rings (SSSR count). The van der Waals surface area contributed by atoms with Gasteiger partial charge in [0, 0.05) is 11.1 Å². The van der Waals surface area contributed by atoms with Gasteiger partial charge in [0.2, 0.25) is 0 Å². The van der Waals surface area contributed by atoms with Crippen LogP contribution in [0.25, 0.3) is 0 Å². The highest BCUT2D eigenvalue weighted by molar-refractivity contribution is 7.92. The number of fused-ring (bicyclic) bond motifs is 2. The van der Waals surface area contributed by atoms with E-state index in [0.29, 0.717) is 12.1 Å². The molecule has 0 unspecified atom stereocenters. The summed E-state index contributed by atoms with van der Waals surface area (Å²) in [5.74, 6) is -9.29. The SMILES string of the molecule is COc1c(F)cc(C(=O)N2CS(=O)(=O)c3ccccc32)cc1F.O=C(c1cc(F)c(O)c(F)c1)N1CS(=O)(=O)c2ccccc21. The molecule has 234 valence electrons. The van der Waals surface area contributed by atoms with Crippen molar-refractivity contribution in [2.45, 2.75) is 9.79 Å². The van der Waals surface area contributed by atoms with Gasteiger partial charge in [0.15, 0.2) is 54.4 Å². The maximum atomic E-state index is 13.8. The third kappa shape index (κ3) is 5.69. The maximum absolute atomic E-state index is 13.8. The minimum atomic E-state index is -3.67. The zero-order valence-electron chi connectivity index (χ0n) is 22.9. The number of rotatable bonds is 3. The number of nitrogens with zero attached hydrogens (tertiary/aromatic N) is 2. The van der Waals surface area contributed by atoms with Gasteiger partial charge in [-0.25, -0.2) is 34.4 Å². The summed E-state index contributed by atoms with van der Waals surface area (Å²) in [6.07, 6.45) is 0. The molecule has 16 heteroatoms. The molecule has 4 aromatic rings. The summed E-state index contributed by atoms with van der Waals surface area (Å²) >= 11 is 0. The summed E-state index contributed by atoms with van der Waals surface area (Å²) in [7, 11) is -6.21.